The molecule has 1 aliphatic heterocycles. The Labute approximate surface area is 545 Å². The maximum atomic E-state index is 15.4. The summed E-state index contributed by atoms with van der Waals surface area (Å²) < 4.78 is 41.1. The number of anilines is 4. The van der Waals surface area contributed by atoms with Crippen molar-refractivity contribution in [3.05, 3.63) is 221 Å². The lowest BCUT2D eigenvalue weighted by Crippen LogP contribution is -2.48. The van der Waals surface area contributed by atoms with Crippen LogP contribution in [0.15, 0.2) is 153 Å². The van der Waals surface area contributed by atoms with Gasteiger partial charge in [-0.2, -0.15) is 19.6 Å². The zero-order valence-corrected chi connectivity index (χ0v) is 54.9. The Morgan fingerprint density at radius 3 is 1.32 bits per heavy atom. The van der Waals surface area contributed by atoms with Gasteiger partial charge >= 0.3 is 5.97 Å². The van der Waals surface area contributed by atoms with Crippen LogP contribution in [0.2, 0.25) is 0 Å². The summed E-state index contributed by atoms with van der Waals surface area (Å²) in [4.78, 5) is 89.1. The second kappa shape index (κ2) is 26.2. The highest BCUT2D eigenvalue weighted by Gasteiger charge is 2.35. The van der Waals surface area contributed by atoms with Gasteiger partial charge in [0.15, 0.2) is 0 Å². The number of carboxylic acids is 1. The molecule has 0 saturated carbocycles. The first-order valence-electron chi connectivity index (χ1n) is 30.7. The maximum Gasteiger partial charge on any atom is 0.313 e. The lowest BCUT2D eigenvalue weighted by Gasteiger charge is -2.34. The van der Waals surface area contributed by atoms with E-state index in [-0.39, 0.29) is 61.4 Å². The largest absolute Gasteiger partial charge is 0.481 e. The van der Waals surface area contributed by atoms with Crippen molar-refractivity contribution >= 4 is 56.4 Å². The number of aliphatic hydroxyl groups excluding tert-OH is 2. The summed E-state index contributed by atoms with van der Waals surface area (Å²) in [5.74, 6) is -1.56. The molecule has 23 heteroatoms. The van der Waals surface area contributed by atoms with Gasteiger partial charge in [-0.15, -0.1) is 0 Å². The molecule has 492 valence electrons. The number of amides is 1. The van der Waals surface area contributed by atoms with Crippen LogP contribution in [0, 0.1) is 11.6 Å². The van der Waals surface area contributed by atoms with E-state index in [1.54, 1.807) is 130 Å². The molecule has 0 aliphatic carbocycles. The number of morpholine rings is 1. The van der Waals surface area contributed by atoms with Crippen molar-refractivity contribution in [1.29, 1.82) is 0 Å². The van der Waals surface area contributed by atoms with Crippen LogP contribution in [-0.4, -0.2) is 97.1 Å². The van der Waals surface area contributed by atoms with E-state index in [1.165, 1.54) is 39.9 Å². The summed E-state index contributed by atoms with van der Waals surface area (Å²) in [6.45, 7) is 19.8. The van der Waals surface area contributed by atoms with Gasteiger partial charge in [-0.05, 0) is 133 Å². The number of fused-ring (bicyclic) bond motifs is 2. The Morgan fingerprint density at radius 1 is 0.537 bits per heavy atom. The maximum absolute atomic E-state index is 15.4. The quantitative estimate of drug-likeness (QED) is 0.0677. The molecule has 6 aromatic heterocycles. The Bertz CT molecular complexity index is 4900. The van der Waals surface area contributed by atoms with Gasteiger partial charge in [-0.25, -0.2) is 18.7 Å². The van der Waals surface area contributed by atoms with Crippen LogP contribution in [0.1, 0.15) is 103 Å². The third-order valence-corrected chi connectivity index (χ3v) is 17.3. The number of aromatic nitrogens is 8. The number of benzene rings is 4. The average molecular weight is 1290 g/mol. The predicted molar refractivity (Wildman–Crippen MR) is 361 cm³/mol. The molecule has 1 saturated heterocycles. The number of nitrogens with one attached hydrogen (secondary N) is 2. The van der Waals surface area contributed by atoms with E-state index in [4.69, 9.17) is 4.74 Å². The minimum atomic E-state index is -1.14. The molecule has 0 spiro atoms. The van der Waals surface area contributed by atoms with E-state index in [9.17, 15) is 44.1 Å². The molecule has 5 N–H and O–H groups in total. The van der Waals surface area contributed by atoms with E-state index in [2.05, 4.69) is 30.8 Å². The zero-order chi connectivity index (χ0) is 68.8. The summed E-state index contributed by atoms with van der Waals surface area (Å²) in [5, 5.41) is 46.0. The van der Waals surface area contributed by atoms with Crippen molar-refractivity contribution in [2.75, 3.05) is 36.9 Å². The second-order valence-corrected chi connectivity index (χ2v) is 26.7. The molecule has 4 aromatic carbocycles. The van der Waals surface area contributed by atoms with Crippen molar-refractivity contribution in [3.63, 3.8) is 0 Å². The van der Waals surface area contributed by atoms with Crippen LogP contribution < -0.4 is 32.9 Å². The number of pyridine rings is 4. The molecule has 10 aromatic rings. The fourth-order valence-corrected chi connectivity index (χ4v) is 11.4. The van der Waals surface area contributed by atoms with E-state index in [0.717, 1.165) is 26.1 Å². The summed E-state index contributed by atoms with van der Waals surface area (Å²) >= 11 is 0. The predicted octanol–water partition coefficient (Wildman–Crippen LogP) is 10.1. The highest BCUT2D eigenvalue weighted by molar-refractivity contribution is 5.88. The van der Waals surface area contributed by atoms with Gasteiger partial charge in [0.1, 0.15) is 34.6 Å². The molecule has 1 aliphatic rings. The van der Waals surface area contributed by atoms with Gasteiger partial charge in [0, 0.05) is 85.0 Å². The molecule has 95 heavy (non-hydrogen) atoms. The standard InChI is InChI=1S/C38H41FN6O5.C34H34FN5O5/c1-37(2,3)26-16-23-19-41-45(35(48)33(23)29(39)18-26)31-9-7-8-27(28(31)22-46)24-17-30(34(47)43(6)21-24)42-32-11-10-25(20-40-32)38(4,5)36(49)44-12-14-50-15-13-44;1-33(2,3)22-12-19-15-37-40(31(43)29(19)25(35)14-22)27-9-7-8-23(24(27)18-41)20-13-26(30(42)39(6)17-20)38-28-11-10-21(16-36-28)34(4,5)32(44)45/h7-11,16-21,46H,12-15,22H2,1-6H3,(H,40,42);7-17,41H,18H2,1-6H3,(H,36,38)(H,44,45). The van der Waals surface area contributed by atoms with Gasteiger partial charge in [-0.1, -0.05) is 77.9 Å². The van der Waals surface area contributed by atoms with Crippen molar-refractivity contribution in [3.8, 4) is 33.6 Å². The normalized spacial score (nSPS) is 13.0. The number of hydrogen-bond donors (Lipinski definition) is 5. The molecule has 1 fully saturated rings. The van der Waals surface area contributed by atoms with Crippen LogP contribution in [-0.2, 0) is 63.3 Å². The molecule has 0 unspecified atom stereocenters. The SMILES string of the molecule is Cn1cc(-c2cccc(-n3ncc4cc(C(C)(C)C)cc(F)c4c3=O)c2CO)cc(Nc2ccc(C(C)(C)C(=O)N3CCOCC3)cn2)c1=O.Cn1cc(-c2cccc(-n3ncc4cc(C(C)(C)C)cc(F)c4c3=O)c2CO)cc(Nc2ccc(C(C)(C)C(=O)O)cn2)c1=O. The number of carbonyl (C=O) groups excluding carboxylic acids is 1. The highest BCUT2D eigenvalue weighted by Crippen LogP contribution is 2.35. The Kier molecular flexibility index (Phi) is 18.6. The smallest absolute Gasteiger partial charge is 0.313 e. The van der Waals surface area contributed by atoms with Crippen molar-refractivity contribution < 1.29 is 38.4 Å². The number of carbonyl (C=O) groups is 2. The van der Waals surface area contributed by atoms with E-state index in [0.29, 0.717) is 87.7 Å². The molecule has 7 heterocycles. The Balaban J connectivity index is 0.000000208. The Morgan fingerprint density at radius 2 is 0.947 bits per heavy atom. The van der Waals surface area contributed by atoms with Gasteiger partial charge in [0.2, 0.25) is 5.91 Å². The molecule has 0 atom stereocenters. The van der Waals surface area contributed by atoms with E-state index >= 15 is 8.78 Å². The monoisotopic (exact) mass is 1290 g/mol. The van der Waals surface area contributed by atoms with Crippen molar-refractivity contribution in [1.82, 2.24) is 43.6 Å². The first-order valence-corrected chi connectivity index (χ1v) is 30.7. The first kappa shape index (κ1) is 67.5. The summed E-state index contributed by atoms with van der Waals surface area (Å²) in [6, 6.07) is 26.4. The third-order valence-electron chi connectivity index (χ3n) is 17.3. The zero-order valence-electron chi connectivity index (χ0n) is 54.9. The molecule has 11 rings (SSSR count). The lowest BCUT2D eigenvalue weighted by molar-refractivity contribution is -0.142. The minimum Gasteiger partial charge on any atom is -0.481 e. The van der Waals surface area contributed by atoms with Gasteiger partial charge in [-0.3, -0.25) is 28.8 Å². The molecule has 21 nitrogen and oxygen atoms in total. The van der Waals surface area contributed by atoms with Crippen LogP contribution in [0.3, 0.4) is 0 Å². The van der Waals surface area contributed by atoms with Gasteiger partial charge in [0.25, 0.3) is 22.2 Å². The number of nitrogens with zero attached hydrogens (tertiary/aromatic N) is 9. The second-order valence-electron chi connectivity index (χ2n) is 26.7. The number of ether oxygens (including phenoxy) is 1. The van der Waals surface area contributed by atoms with Gasteiger partial charge in [0.05, 0.1) is 71.8 Å². The van der Waals surface area contributed by atoms with Crippen LogP contribution in [0.4, 0.5) is 31.8 Å². The molecule has 0 radical (unpaired) electrons. The summed E-state index contributed by atoms with van der Waals surface area (Å²) in [6.07, 6.45) is 9.19. The van der Waals surface area contributed by atoms with Crippen LogP contribution >= 0.6 is 0 Å². The molecular weight excluding hydrogens is 1220 g/mol. The minimum absolute atomic E-state index is 0.00671. The number of carboxylic acid groups (broad SMARTS) is 1. The van der Waals surface area contributed by atoms with E-state index < -0.39 is 52.8 Å². The number of hydrogen-bond acceptors (Lipinski definition) is 15. The number of aliphatic carboxylic acids is 1. The number of aryl methyl sites for hydroxylation is 2. The lowest BCUT2D eigenvalue weighted by atomic mass is 9.84. The first-order chi connectivity index (χ1) is 44.8. The molecule has 1 amide bonds. The van der Waals surface area contributed by atoms with Crippen molar-refractivity contribution in [2.24, 2.45) is 14.1 Å². The highest BCUT2D eigenvalue weighted by atomic mass is 19.1. The third kappa shape index (κ3) is 13.4. The fourth-order valence-electron chi connectivity index (χ4n) is 11.4. The molecular formula is C72H75F2N11O10. The number of rotatable bonds is 14. The summed E-state index contributed by atoms with van der Waals surface area (Å²) in [7, 11) is 3.19. The number of halogens is 2. The fraction of sp³-hybridized carbons (Fsp3) is 0.306. The molecule has 0 bridgehead atoms. The van der Waals surface area contributed by atoms with Gasteiger partial charge < -0.3 is 44.7 Å². The van der Waals surface area contributed by atoms with Crippen molar-refractivity contribution in [2.45, 2.75) is 104 Å². The number of aliphatic hydroxyl groups is 2. The van der Waals surface area contributed by atoms with Crippen LogP contribution in [0.25, 0.3) is 55.2 Å². The Hall–Kier alpha value is -10.4. The van der Waals surface area contributed by atoms with E-state index in [1.807, 2.05) is 61.5 Å². The van der Waals surface area contributed by atoms with Crippen LogP contribution in [0.5, 0.6) is 0 Å². The average Bonchev–Trinajstić information content (AvgIpc) is 0.765. The summed E-state index contributed by atoms with van der Waals surface area (Å²) in [5.41, 5.74) is 1.97. The topological polar surface area (TPSA) is 271 Å².